The quantitative estimate of drug-likeness (QED) is 0.877. The van der Waals surface area contributed by atoms with Crippen LogP contribution >= 0.6 is 15.9 Å². The van der Waals surface area contributed by atoms with Gasteiger partial charge in [0.15, 0.2) is 0 Å². The molecule has 3 N–H and O–H groups in total. The molecule has 0 aliphatic heterocycles. The van der Waals surface area contributed by atoms with Crippen LogP contribution in [-0.2, 0) is 5.41 Å². The maximum absolute atomic E-state index is 5.73. The molecule has 3 heteroatoms. The van der Waals surface area contributed by atoms with Crippen LogP contribution in [0.5, 0.6) is 0 Å². The minimum absolute atomic E-state index is 0.0154. The average molecular weight is 299 g/mol. The minimum Gasteiger partial charge on any atom is -0.329 e. The van der Waals surface area contributed by atoms with Crippen LogP contribution in [0.3, 0.4) is 0 Å². The molecule has 0 bridgehead atoms. The van der Waals surface area contributed by atoms with Crippen molar-refractivity contribution in [3.8, 4) is 0 Å². The molecule has 0 aliphatic carbocycles. The van der Waals surface area contributed by atoms with Crippen molar-refractivity contribution in [2.24, 2.45) is 5.73 Å². The van der Waals surface area contributed by atoms with Crippen LogP contribution in [0.4, 0.5) is 0 Å². The summed E-state index contributed by atoms with van der Waals surface area (Å²) in [5.74, 6) is 0. The highest BCUT2D eigenvalue weighted by Crippen LogP contribution is 2.29. The Bertz CT molecular complexity index is 372. The topological polar surface area (TPSA) is 38.0 Å². The summed E-state index contributed by atoms with van der Waals surface area (Å²) in [5, 5.41) is 3.53. The van der Waals surface area contributed by atoms with Gasteiger partial charge in [0.05, 0.1) is 0 Å². The minimum atomic E-state index is -0.0154. The van der Waals surface area contributed by atoms with Gasteiger partial charge in [0.1, 0.15) is 0 Å². The summed E-state index contributed by atoms with van der Waals surface area (Å²) in [6, 6.07) is 8.38. The average Bonchev–Trinajstić information content (AvgIpc) is 2.27. The van der Waals surface area contributed by atoms with Crippen molar-refractivity contribution in [1.29, 1.82) is 0 Å². The van der Waals surface area contributed by atoms with E-state index in [9.17, 15) is 0 Å². The summed E-state index contributed by atoms with van der Waals surface area (Å²) >= 11 is 3.62. The van der Waals surface area contributed by atoms with Gasteiger partial charge in [0.25, 0.3) is 0 Å². The standard InChI is InChI=1S/C14H23BrN2/c1-13(2,10-17-14(3,4)9-16)11-7-5-6-8-12(11)15/h5-8,17H,9-10,16H2,1-4H3. The van der Waals surface area contributed by atoms with E-state index in [4.69, 9.17) is 5.73 Å². The Morgan fingerprint density at radius 1 is 1.18 bits per heavy atom. The van der Waals surface area contributed by atoms with E-state index in [1.807, 2.05) is 6.07 Å². The SMILES string of the molecule is CC(C)(CN)NCC(C)(C)c1ccccc1Br. The lowest BCUT2D eigenvalue weighted by molar-refractivity contribution is 0.346. The van der Waals surface area contributed by atoms with E-state index >= 15 is 0 Å². The molecule has 0 saturated carbocycles. The van der Waals surface area contributed by atoms with Gasteiger partial charge in [-0.15, -0.1) is 0 Å². The third kappa shape index (κ3) is 4.09. The number of nitrogens with two attached hydrogens (primary N) is 1. The number of rotatable bonds is 5. The van der Waals surface area contributed by atoms with Crippen LogP contribution in [0.1, 0.15) is 33.3 Å². The zero-order valence-electron chi connectivity index (χ0n) is 11.2. The van der Waals surface area contributed by atoms with Crippen LogP contribution in [0.2, 0.25) is 0 Å². The molecule has 0 aromatic heterocycles. The number of benzene rings is 1. The largest absolute Gasteiger partial charge is 0.329 e. The van der Waals surface area contributed by atoms with Crippen molar-refractivity contribution in [2.75, 3.05) is 13.1 Å². The summed E-state index contributed by atoms with van der Waals surface area (Å²) in [4.78, 5) is 0. The molecule has 0 radical (unpaired) electrons. The molecule has 1 rings (SSSR count). The van der Waals surface area contributed by atoms with Crippen molar-refractivity contribution in [3.05, 3.63) is 34.3 Å². The molecule has 0 fully saturated rings. The van der Waals surface area contributed by atoms with E-state index in [1.165, 1.54) is 5.56 Å². The molecule has 0 atom stereocenters. The first-order chi connectivity index (χ1) is 7.78. The van der Waals surface area contributed by atoms with Crippen LogP contribution in [-0.4, -0.2) is 18.6 Å². The Kier molecular flexibility index (Phi) is 4.76. The first-order valence-corrected chi connectivity index (χ1v) is 6.78. The van der Waals surface area contributed by atoms with Gasteiger partial charge in [-0.3, -0.25) is 0 Å². The number of hydrogen-bond donors (Lipinski definition) is 2. The second-order valence-electron chi connectivity index (χ2n) is 5.81. The number of nitrogens with one attached hydrogen (secondary N) is 1. The first kappa shape index (κ1) is 14.7. The summed E-state index contributed by atoms with van der Waals surface area (Å²) < 4.78 is 1.16. The van der Waals surface area contributed by atoms with Crippen LogP contribution in [0.25, 0.3) is 0 Å². The van der Waals surface area contributed by atoms with Gasteiger partial charge >= 0.3 is 0 Å². The Morgan fingerprint density at radius 3 is 2.29 bits per heavy atom. The molecule has 0 unspecified atom stereocenters. The van der Waals surface area contributed by atoms with Gasteiger partial charge in [-0.05, 0) is 25.5 Å². The highest BCUT2D eigenvalue weighted by Gasteiger charge is 2.25. The summed E-state index contributed by atoms with van der Waals surface area (Å²) in [6.45, 7) is 10.3. The van der Waals surface area contributed by atoms with E-state index in [1.54, 1.807) is 0 Å². The maximum atomic E-state index is 5.73. The molecule has 0 spiro atoms. The van der Waals surface area contributed by atoms with Crippen molar-refractivity contribution in [3.63, 3.8) is 0 Å². The fourth-order valence-corrected chi connectivity index (χ4v) is 2.46. The van der Waals surface area contributed by atoms with Crippen molar-refractivity contribution in [2.45, 2.75) is 38.6 Å². The van der Waals surface area contributed by atoms with Gasteiger partial charge in [0, 0.05) is 28.5 Å². The molecule has 1 aromatic carbocycles. The first-order valence-electron chi connectivity index (χ1n) is 5.99. The Labute approximate surface area is 113 Å². The fraction of sp³-hybridized carbons (Fsp3) is 0.571. The van der Waals surface area contributed by atoms with Gasteiger partial charge in [-0.2, -0.15) is 0 Å². The normalized spacial score (nSPS) is 12.8. The number of halogens is 1. The molecule has 2 nitrogen and oxygen atoms in total. The van der Waals surface area contributed by atoms with Crippen molar-refractivity contribution in [1.82, 2.24) is 5.32 Å². The molecule has 17 heavy (non-hydrogen) atoms. The monoisotopic (exact) mass is 298 g/mol. The molecule has 0 aliphatic rings. The predicted octanol–water partition coefficient (Wildman–Crippen LogP) is 3.05. The zero-order valence-corrected chi connectivity index (χ0v) is 12.8. The molecular formula is C14H23BrN2. The molecule has 1 aromatic rings. The van der Waals surface area contributed by atoms with Gasteiger partial charge in [-0.1, -0.05) is 48.0 Å². The van der Waals surface area contributed by atoms with Gasteiger partial charge < -0.3 is 11.1 Å². The van der Waals surface area contributed by atoms with E-state index in [0.717, 1.165) is 11.0 Å². The van der Waals surface area contributed by atoms with E-state index < -0.39 is 0 Å². The van der Waals surface area contributed by atoms with Gasteiger partial charge in [0.2, 0.25) is 0 Å². The molecule has 96 valence electrons. The van der Waals surface area contributed by atoms with E-state index in [2.05, 4.69) is 67.1 Å². The molecule has 0 amide bonds. The van der Waals surface area contributed by atoms with Gasteiger partial charge in [-0.25, -0.2) is 0 Å². The summed E-state index contributed by atoms with van der Waals surface area (Å²) in [7, 11) is 0. The van der Waals surface area contributed by atoms with Crippen LogP contribution in [0, 0.1) is 0 Å². The number of hydrogen-bond acceptors (Lipinski definition) is 2. The van der Waals surface area contributed by atoms with Crippen molar-refractivity contribution >= 4 is 15.9 Å². The fourth-order valence-electron chi connectivity index (χ4n) is 1.64. The lowest BCUT2D eigenvalue weighted by atomic mass is 9.84. The van der Waals surface area contributed by atoms with Crippen molar-refractivity contribution < 1.29 is 0 Å². The third-order valence-electron chi connectivity index (χ3n) is 3.12. The molecule has 0 saturated heterocycles. The Hall–Kier alpha value is -0.380. The highest BCUT2D eigenvalue weighted by molar-refractivity contribution is 9.10. The van der Waals surface area contributed by atoms with E-state index in [0.29, 0.717) is 6.54 Å². The third-order valence-corrected chi connectivity index (χ3v) is 3.81. The highest BCUT2D eigenvalue weighted by atomic mass is 79.9. The van der Waals surface area contributed by atoms with Crippen LogP contribution in [0.15, 0.2) is 28.7 Å². The summed E-state index contributed by atoms with van der Waals surface area (Å²) in [5.41, 5.74) is 7.11. The Morgan fingerprint density at radius 2 is 1.76 bits per heavy atom. The smallest absolute Gasteiger partial charge is 0.0247 e. The van der Waals surface area contributed by atoms with E-state index in [-0.39, 0.29) is 11.0 Å². The molecular weight excluding hydrogens is 276 g/mol. The Balaban J connectivity index is 2.79. The lowest BCUT2D eigenvalue weighted by Crippen LogP contribution is -2.50. The lowest BCUT2D eigenvalue weighted by Gasteiger charge is -2.33. The second-order valence-corrected chi connectivity index (χ2v) is 6.66. The summed E-state index contributed by atoms with van der Waals surface area (Å²) in [6.07, 6.45) is 0. The molecule has 0 heterocycles. The zero-order chi connectivity index (χ0) is 13.1. The maximum Gasteiger partial charge on any atom is 0.0247 e. The second kappa shape index (κ2) is 5.51. The predicted molar refractivity (Wildman–Crippen MR) is 78.3 cm³/mol. The van der Waals surface area contributed by atoms with Crippen LogP contribution < -0.4 is 11.1 Å².